The van der Waals surface area contributed by atoms with Crippen LogP contribution in [0.4, 0.5) is 5.69 Å². The number of carbonyl (C=O) groups is 2. The first kappa shape index (κ1) is 27.2. The van der Waals surface area contributed by atoms with Crippen molar-refractivity contribution >= 4 is 51.0 Å². The summed E-state index contributed by atoms with van der Waals surface area (Å²) in [4.78, 5) is 30.3. The smallest absolute Gasteiger partial charge is 0.357 e. The molecule has 1 aromatic heterocycles. The minimum Gasteiger partial charge on any atom is -0.468 e. The Kier molecular flexibility index (Phi) is 9.34. The van der Waals surface area contributed by atoms with Gasteiger partial charge in [0.1, 0.15) is 10.9 Å². The Morgan fingerprint density at radius 2 is 1.97 bits per heavy atom. The van der Waals surface area contributed by atoms with Crippen LogP contribution < -0.4 is 10.0 Å². The molecule has 2 aromatic rings. The lowest BCUT2D eigenvalue weighted by molar-refractivity contribution is -0.151. The molecule has 0 saturated carbocycles. The third-order valence-corrected chi connectivity index (χ3v) is 8.04. The number of thiazole rings is 1. The van der Waals surface area contributed by atoms with Crippen LogP contribution in [0, 0.1) is 11.8 Å². The zero-order valence-electron chi connectivity index (χ0n) is 19.6. The van der Waals surface area contributed by atoms with E-state index in [1.165, 1.54) is 30.6 Å². The summed E-state index contributed by atoms with van der Waals surface area (Å²) in [5.41, 5.74) is 1.71. The topological polar surface area (TPSA) is 135 Å². The van der Waals surface area contributed by atoms with E-state index < -0.39 is 34.1 Å². The zero-order chi connectivity index (χ0) is 25.6. The summed E-state index contributed by atoms with van der Waals surface area (Å²) in [5.74, 6) is -1.82. The Morgan fingerprint density at radius 3 is 2.54 bits per heavy atom. The van der Waals surface area contributed by atoms with Gasteiger partial charge < -0.3 is 10.1 Å². The zero-order valence-corrected chi connectivity index (χ0v) is 22.1. The highest BCUT2D eigenvalue weighted by Crippen LogP contribution is 2.40. The predicted octanol–water partition coefficient (Wildman–Crippen LogP) is 4.28. The van der Waals surface area contributed by atoms with Crippen LogP contribution in [0.1, 0.15) is 54.2 Å². The minimum absolute atomic E-state index is 0.115. The number of nitrogens with one attached hydrogen (secondary N) is 2. The number of carbonyl (C=O) groups excluding carboxylic acids is 2. The largest absolute Gasteiger partial charge is 0.468 e. The van der Waals surface area contributed by atoms with Crippen LogP contribution in [-0.2, 0) is 31.1 Å². The number of thioether (sulfide) groups is 1. The average Bonchev–Trinajstić information content (AvgIpc) is 3.48. The van der Waals surface area contributed by atoms with Gasteiger partial charge in [0.25, 0.3) is 0 Å². The number of allylic oxidation sites excluding steroid dienone is 1. The van der Waals surface area contributed by atoms with E-state index in [1.807, 2.05) is 23.9 Å². The van der Waals surface area contributed by atoms with E-state index in [-0.39, 0.29) is 16.9 Å². The van der Waals surface area contributed by atoms with Gasteiger partial charge in [0.2, 0.25) is 5.91 Å². The van der Waals surface area contributed by atoms with Gasteiger partial charge >= 0.3 is 16.3 Å². The van der Waals surface area contributed by atoms with Crippen LogP contribution in [0.2, 0.25) is 0 Å². The summed E-state index contributed by atoms with van der Waals surface area (Å²) in [6, 6.07) is 5.92. The summed E-state index contributed by atoms with van der Waals surface area (Å²) in [7, 11) is -3.11. The molecule has 9 nitrogen and oxygen atoms in total. The van der Waals surface area contributed by atoms with Crippen molar-refractivity contribution in [3.63, 3.8) is 0 Å². The molecule has 0 aliphatic carbocycles. The third kappa shape index (κ3) is 8.06. The molecule has 12 heteroatoms. The predicted molar refractivity (Wildman–Crippen MR) is 137 cm³/mol. The summed E-state index contributed by atoms with van der Waals surface area (Å²) < 4.78 is 37.9. The van der Waals surface area contributed by atoms with Crippen molar-refractivity contribution < 1.29 is 27.3 Å². The van der Waals surface area contributed by atoms with Crippen molar-refractivity contribution in [1.82, 2.24) is 10.3 Å². The third-order valence-electron chi connectivity index (χ3n) is 5.33. The molecule has 1 unspecified atom stereocenters. The van der Waals surface area contributed by atoms with E-state index in [9.17, 15) is 18.0 Å². The fourth-order valence-electron chi connectivity index (χ4n) is 3.67. The van der Waals surface area contributed by atoms with Crippen molar-refractivity contribution in [2.45, 2.75) is 44.4 Å². The number of anilines is 1. The summed E-state index contributed by atoms with van der Waals surface area (Å²) >= 11 is 3.24. The number of esters is 1. The van der Waals surface area contributed by atoms with Crippen molar-refractivity contribution in [3.8, 4) is 0 Å². The molecule has 1 aromatic carbocycles. The van der Waals surface area contributed by atoms with Gasteiger partial charge in [-0.25, -0.2) is 4.98 Å². The van der Waals surface area contributed by atoms with Crippen molar-refractivity contribution in [2.75, 3.05) is 11.8 Å². The molecule has 1 amide bonds. The number of rotatable bonds is 11. The number of ether oxygens (including phenoxy) is 1. The normalized spacial score (nSPS) is 17.2. The van der Waals surface area contributed by atoms with Crippen LogP contribution in [0.15, 0.2) is 41.1 Å². The lowest BCUT2D eigenvalue weighted by Crippen LogP contribution is -2.39. The maximum Gasteiger partial charge on any atom is 0.357 e. The van der Waals surface area contributed by atoms with Crippen molar-refractivity contribution in [2.24, 2.45) is 11.8 Å². The van der Waals surface area contributed by atoms with Crippen LogP contribution in [0.25, 0.3) is 0 Å². The summed E-state index contributed by atoms with van der Waals surface area (Å²) in [5, 5.41) is 8.18. The maximum atomic E-state index is 13.2. The van der Waals surface area contributed by atoms with E-state index in [4.69, 9.17) is 14.3 Å². The number of methoxy groups -OCH3 is 1. The standard InChI is InChI=1S/C23H29N3O6S3/c1-14(2)11-17(23(28)32-3)21(27)24-18(19-13-34-22(25-19)20-5-4-10-33-20)12-15-6-8-16(9-7-15)26-35(29,30)31/h4,6-10,13-14,17-18,20,26H,5,11-12H2,1-3H3,(H,24,27)(H,29,30,31)/t17-,18-,20?/m0/s1. The molecule has 0 spiro atoms. The summed E-state index contributed by atoms with van der Waals surface area (Å²) in [6.45, 7) is 3.87. The van der Waals surface area contributed by atoms with Crippen LogP contribution >= 0.6 is 23.1 Å². The van der Waals surface area contributed by atoms with Crippen molar-refractivity contribution in [1.29, 1.82) is 0 Å². The Hall–Kier alpha value is -2.41. The van der Waals surface area contributed by atoms with E-state index in [0.29, 0.717) is 18.5 Å². The van der Waals surface area contributed by atoms with Crippen LogP contribution in [0.5, 0.6) is 0 Å². The molecule has 0 radical (unpaired) electrons. The first-order valence-corrected chi connectivity index (χ1v) is 14.3. The molecule has 3 atom stereocenters. The summed E-state index contributed by atoms with van der Waals surface area (Å²) in [6.07, 6.45) is 3.72. The first-order valence-electron chi connectivity index (χ1n) is 11.0. The van der Waals surface area contributed by atoms with E-state index in [2.05, 4.69) is 16.8 Å². The van der Waals surface area contributed by atoms with Gasteiger partial charge in [-0.3, -0.25) is 18.9 Å². The van der Waals surface area contributed by atoms with Crippen LogP contribution in [-0.4, -0.2) is 36.9 Å². The second kappa shape index (κ2) is 12.0. The highest BCUT2D eigenvalue weighted by atomic mass is 32.2. The quantitative estimate of drug-likeness (QED) is 0.219. The molecule has 0 fully saturated rings. The van der Waals surface area contributed by atoms with Crippen molar-refractivity contribution in [3.05, 3.63) is 57.4 Å². The van der Waals surface area contributed by atoms with Crippen LogP contribution in [0.3, 0.4) is 0 Å². The van der Waals surface area contributed by atoms with Gasteiger partial charge in [0.15, 0.2) is 0 Å². The van der Waals surface area contributed by atoms with Gasteiger partial charge in [-0.1, -0.05) is 32.1 Å². The molecule has 3 rings (SSSR count). The second-order valence-corrected chi connectivity index (χ2v) is 11.7. The van der Waals surface area contributed by atoms with E-state index >= 15 is 0 Å². The molecular weight excluding hydrogens is 510 g/mol. The molecule has 35 heavy (non-hydrogen) atoms. The van der Waals surface area contributed by atoms with Gasteiger partial charge in [0.05, 0.1) is 29.8 Å². The minimum atomic E-state index is -4.37. The monoisotopic (exact) mass is 539 g/mol. The number of hydrogen-bond donors (Lipinski definition) is 3. The molecule has 1 aliphatic rings. The Bertz CT molecular complexity index is 1150. The molecule has 2 heterocycles. The lowest BCUT2D eigenvalue weighted by Gasteiger charge is -2.22. The number of aromatic nitrogens is 1. The Balaban J connectivity index is 1.84. The molecular formula is C23H29N3O6S3. The van der Waals surface area contributed by atoms with E-state index in [0.717, 1.165) is 17.0 Å². The molecule has 0 saturated heterocycles. The molecule has 0 bridgehead atoms. The second-order valence-electron chi connectivity index (χ2n) is 8.59. The fraction of sp³-hybridized carbons (Fsp3) is 0.435. The van der Waals surface area contributed by atoms with Gasteiger partial charge in [-0.15, -0.1) is 23.1 Å². The van der Waals surface area contributed by atoms with Gasteiger partial charge in [0, 0.05) is 5.38 Å². The lowest BCUT2D eigenvalue weighted by atomic mass is 9.95. The van der Waals surface area contributed by atoms with E-state index in [1.54, 1.807) is 23.9 Å². The Labute approximate surface area is 213 Å². The molecule has 3 N–H and O–H groups in total. The SMILES string of the molecule is COC(=O)[C@@H](CC(C)C)C(=O)N[C@@H](Cc1ccc(NS(=O)(=O)O)cc1)c1csc(C2CC=CS2)n1. The highest BCUT2D eigenvalue weighted by Gasteiger charge is 2.31. The fourth-order valence-corrected chi connectivity index (χ4v) is 6.11. The molecule has 1 aliphatic heterocycles. The molecule has 190 valence electrons. The Morgan fingerprint density at radius 1 is 1.26 bits per heavy atom. The number of hydrogen-bond acceptors (Lipinski definition) is 8. The maximum absolute atomic E-state index is 13.2. The highest BCUT2D eigenvalue weighted by molar-refractivity contribution is 8.02. The number of benzene rings is 1. The van der Waals surface area contributed by atoms with Gasteiger partial charge in [-0.2, -0.15) is 8.42 Å². The number of amides is 1. The first-order chi connectivity index (χ1) is 16.6. The average molecular weight is 540 g/mol. The van der Waals surface area contributed by atoms with Gasteiger partial charge in [-0.05, 0) is 48.3 Å². The number of nitrogens with zero attached hydrogens (tertiary/aromatic N) is 1.